The zero-order valence-corrected chi connectivity index (χ0v) is 11.6. The van der Waals surface area contributed by atoms with Gasteiger partial charge in [-0.2, -0.15) is 0 Å². The summed E-state index contributed by atoms with van der Waals surface area (Å²) >= 11 is 0. The molecule has 1 aromatic rings. The summed E-state index contributed by atoms with van der Waals surface area (Å²) in [5, 5.41) is 12.4. The summed E-state index contributed by atoms with van der Waals surface area (Å²) in [6, 6.07) is -0.868. The molecule has 20 heavy (non-hydrogen) atoms. The monoisotopic (exact) mass is 302 g/mol. The number of amides is 1. The van der Waals surface area contributed by atoms with Crippen molar-refractivity contribution in [2.75, 3.05) is 18.1 Å². The van der Waals surface area contributed by atoms with Gasteiger partial charge in [0, 0.05) is 6.54 Å². The van der Waals surface area contributed by atoms with Gasteiger partial charge in [-0.25, -0.2) is 8.42 Å². The van der Waals surface area contributed by atoms with Crippen molar-refractivity contribution in [1.82, 2.24) is 10.1 Å². The number of hydrogen-bond donors (Lipinski definition) is 1. The molecule has 0 radical (unpaired) electrons. The molecule has 1 aromatic heterocycles. The Morgan fingerprint density at radius 3 is 2.80 bits per heavy atom. The van der Waals surface area contributed by atoms with Crippen LogP contribution in [-0.4, -0.2) is 59.5 Å². The van der Waals surface area contributed by atoms with Crippen LogP contribution in [0.3, 0.4) is 0 Å². The third-order valence-electron chi connectivity index (χ3n) is 3.18. The zero-order valence-electron chi connectivity index (χ0n) is 10.8. The van der Waals surface area contributed by atoms with Crippen molar-refractivity contribution in [3.8, 4) is 0 Å². The summed E-state index contributed by atoms with van der Waals surface area (Å²) in [5.74, 6) is -1.79. The number of sulfone groups is 1. The van der Waals surface area contributed by atoms with E-state index < -0.39 is 34.2 Å². The molecule has 1 N–H and O–H groups in total. The van der Waals surface area contributed by atoms with Gasteiger partial charge in [0.25, 0.3) is 5.91 Å². The largest absolute Gasteiger partial charge is 0.481 e. The van der Waals surface area contributed by atoms with Gasteiger partial charge in [0.2, 0.25) is 0 Å². The molecule has 0 bridgehead atoms. The quantitative estimate of drug-likeness (QED) is 0.814. The van der Waals surface area contributed by atoms with Crippen LogP contribution in [0.2, 0.25) is 0 Å². The van der Waals surface area contributed by atoms with E-state index in [0.29, 0.717) is 5.76 Å². The van der Waals surface area contributed by atoms with Crippen LogP contribution in [0.15, 0.2) is 10.7 Å². The fourth-order valence-electron chi connectivity index (χ4n) is 2.18. The lowest BCUT2D eigenvalue weighted by atomic mass is 10.1. The van der Waals surface area contributed by atoms with Crippen LogP contribution in [0.25, 0.3) is 0 Å². The first-order chi connectivity index (χ1) is 9.30. The van der Waals surface area contributed by atoms with Gasteiger partial charge in [-0.05, 0) is 6.92 Å². The van der Waals surface area contributed by atoms with Crippen LogP contribution in [0.5, 0.6) is 0 Å². The van der Waals surface area contributed by atoms with Crippen molar-refractivity contribution < 1.29 is 27.6 Å². The Labute approximate surface area is 115 Å². The number of carbonyl (C=O) groups is 2. The number of aromatic nitrogens is 1. The summed E-state index contributed by atoms with van der Waals surface area (Å²) in [4.78, 5) is 24.4. The molecule has 0 saturated carbocycles. The Hall–Kier alpha value is -1.90. The first-order valence-electron chi connectivity index (χ1n) is 5.94. The molecule has 1 aliphatic heterocycles. The van der Waals surface area contributed by atoms with Crippen molar-refractivity contribution in [2.45, 2.75) is 19.4 Å². The molecule has 0 spiro atoms. The number of rotatable bonds is 3. The average Bonchev–Trinajstić information content (AvgIpc) is 2.73. The van der Waals surface area contributed by atoms with Gasteiger partial charge in [-0.15, -0.1) is 0 Å². The summed E-state index contributed by atoms with van der Waals surface area (Å²) in [5.41, 5.74) is 0.222. The minimum absolute atomic E-state index is 0.0241. The second kappa shape index (κ2) is 5.23. The van der Waals surface area contributed by atoms with Crippen LogP contribution in [0.4, 0.5) is 0 Å². The van der Waals surface area contributed by atoms with Crippen LogP contribution in [-0.2, 0) is 14.6 Å². The molecule has 1 atom stereocenters. The highest BCUT2D eigenvalue weighted by Crippen LogP contribution is 2.19. The number of aliphatic carboxylic acids is 1. The fraction of sp³-hybridized carbons (Fsp3) is 0.545. The van der Waals surface area contributed by atoms with E-state index >= 15 is 0 Å². The summed E-state index contributed by atoms with van der Waals surface area (Å²) in [7, 11) is -3.32. The molecular formula is C11H14N2O6S. The van der Waals surface area contributed by atoms with E-state index in [9.17, 15) is 18.0 Å². The third kappa shape index (κ3) is 2.98. The van der Waals surface area contributed by atoms with Gasteiger partial charge in [-0.3, -0.25) is 9.59 Å². The number of hydrogen-bond acceptors (Lipinski definition) is 6. The maximum absolute atomic E-state index is 12.3. The van der Waals surface area contributed by atoms with Gasteiger partial charge in [0.05, 0.1) is 30.2 Å². The number of nitrogens with zero attached hydrogens (tertiary/aromatic N) is 2. The van der Waals surface area contributed by atoms with E-state index in [1.165, 1.54) is 11.1 Å². The summed E-state index contributed by atoms with van der Waals surface area (Å²) < 4.78 is 28.0. The van der Waals surface area contributed by atoms with Crippen molar-refractivity contribution in [2.24, 2.45) is 0 Å². The Bertz CT molecular complexity index is 635. The molecule has 0 aliphatic carbocycles. The smallest absolute Gasteiger partial charge is 0.305 e. The normalized spacial score (nSPS) is 21.6. The van der Waals surface area contributed by atoms with Gasteiger partial charge in [0.15, 0.2) is 9.84 Å². The second-order valence-electron chi connectivity index (χ2n) is 4.66. The third-order valence-corrected chi connectivity index (χ3v) is 4.88. The molecule has 0 aromatic carbocycles. The van der Waals surface area contributed by atoms with Gasteiger partial charge < -0.3 is 14.5 Å². The molecule has 1 saturated heterocycles. The lowest BCUT2D eigenvalue weighted by Crippen LogP contribution is -2.52. The summed E-state index contributed by atoms with van der Waals surface area (Å²) in [6.07, 6.45) is 0.841. The molecule has 110 valence electrons. The summed E-state index contributed by atoms with van der Waals surface area (Å²) in [6.45, 7) is 1.54. The highest BCUT2D eigenvalue weighted by Gasteiger charge is 2.36. The van der Waals surface area contributed by atoms with Crippen LogP contribution >= 0.6 is 0 Å². The standard InChI is InChI=1S/C11H14N2O6S/c1-7-9(5-12-19-7)11(16)13-2-3-20(17,18)6-8(13)4-10(14)15/h5,8H,2-4,6H2,1H3,(H,14,15). The second-order valence-corrected chi connectivity index (χ2v) is 6.89. The van der Waals surface area contributed by atoms with Gasteiger partial charge >= 0.3 is 5.97 Å². The van der Waals surface area contributed by atoms with Gasteiger partial charge in [-0.1, -0.05) is 5.16 Å². The Morgan fingerprint density at radius 1 is 1.55 bits per heavy atom. The molecule has 1 fully saturated rings. The fourth-order valence-corrected chi connectivity index (χ4v) is 3.71. The molecule has 1 unspecified atom stereocenters. The number of carboxylic acid groups (broad SMARTS) is 1. The Morgan fingerprint density at radius 2 is 2.25 bits per heavy atom. The molecule has 2 rings (SSSR count). The predicted octanol–water partition coefficient (Wildman–Crippen LogP) is -0.303. The highest BCUT2D eigenvalue weighted by atomic mass is 32.2. The van der Waals surface area contributed by atoms with Crippen LogP contribution in [0.1, 0.15) is 22.5 Å². The molecule has 8 nitrogen and oxygen atoms in total. The van der Waals surface area contributed by atoms with E-state index in [2.05, 4.69) is 5.16 Å². The van der Waals surface area contributed by atoms with E-state index in [1.54, 1.807) is 6.92 Å². The molecule has 2 heterocycles. The van der Waals surface area contributed by atoms with Crippen molar-refractivity contribution >= 4 is 21.7 Å². The van der Waals surface area contributed by atoms with Crippen LogP contribution < -0.4 is 0 Å². The average molecular weight is 302 g/mol. The minimum Gasteiger partial charge on any atom is -0.481 e. The zero-order chi connectivity index (χ0) is 14.9. The first-order valence-corrected chi connectivity index (χ1v) is 7.77. The number of carboxylic acids is 1. The van der Waals surface area contributed by atoms with Crippen molar-refractivity contribution in [3.63, 3.8) is 0 Å². The van der Waals surface area contributed by atoms with Gasteiger partial charge in [0.1, 0.15) is 11.3 Å². The minimum atomic E-state index is -3.32. The lowest BCUT2D eigenvalue weighted by molar-refractivity contribution is -0.138. The molecule has 1 amide bonds. The van der Waals surface area contributed by atoms with Crippen LogP contribution in [0, 0.1) is 6.92 Å². The Balaban J connectivity index is 2.26. The van der Waals surface area contributed by atoms with Crippen molar-refractivity contribution in [3.05, 3.63) is 17.5 Å². The Kier molecular flexibility index (Phi) is 3.80. The van der Waals surface area contributed by atoms with E-state index in [-0.39, 0.29) is 23.6 Å². The molecular weight excluding hydrogens is 288 g/mol. The number of aryl methyl sites for hydroxylation is 1. The maximum Gasteiger partial charge on any atom is 0.305 e. The van der Waals surface area contributed by atoms with E-state index in [4.69, 9.17) is 9.63 Å². The van der Waals surface area contributed by atoms with E-state index in [0.717, 1.165) is 0 Å². The first kappa shape index (κ1) is 14.5. The molecule has 9 heteroatoms. The topological polar surface area (TPSA) is 118 Å². The predicted molar refractivity (Wildman–Crippen MR) is 67.0 cm³/mol. The molecule has 1 aliphatic rings. The maximum atomic E-state index is 12.3. The number of carbonyl (C=O) groups excluding carboxylic acids is 1. The SMILES string of the molecule is Cc1oncc1C(=O)N1CCS(=O)(=O)CC1CC(=O)O. The highest BCUT2D eigenvalue weighted by molar-refractivity contribution is 7.91. The van der Waals surface area contributed by atoms with Crippen molar-refractivity contribution in [1.29, 1.82) is 0 Å². The van der Waals surface area contributed by atoms with E-state index in [1.807, 2.05) is 0 Å². The lowest BCUT2D eigenvalue weighted by Gasteiger charge is -2.34.